The van der Waals surface area contributed by atoms with Crippen LogP contribution in [0, 0.1) is 6.92 Å². The van der Waals surface area contributed by atoms with Crippen LogP contribution in [0.3, 0.4) is 0 Å². The Morgan fingerprint density at radius 2 is 1.92 bits per heavy atom. The summed E-state index contributed by atoms with van der Waals surface area (Å²) in [6.07, 6.45) is 0.956. The molecule has 5 nitrogen and oxygen atoms in total. The van der Waals surface area contributed by atoms with Gasteiger partial charge in [-0.2, -0.15) is 4.31 Å². The van der Waals surface area contributed by atoms with Gasteiger partial charge < -0.3 is 0 Å². The largest absolute Gasteiger partial charge is 0.254 e. The first kappa shape index (κ1) is 19.5. The second kappa shape index (κ2) is 7.78. The minimum atomic E-state index is -3.56. The van der Waals surface area contributed by atoms with E-state index in [-0.39, 0.29) is 12.1 Å². The van der Waals surface area contributed by atoms with Gasteiger partial charge in [-0.1, -0.05) is 30.3 Å². The van der Waals surface area contributed by atoms with Gasteiger partial charge in [-0.3, -0.25) is 5.43 Å². The highest BCUT2D eigenvalue weighted by Crippen LogP contribution is 2.35. The topological polar surface area (TPSA) is 61.4 Å². The second-order valence-electron chi connectivity index (χ2n) is 7.18. The molecule has 0 bridgehead atoms. The van der Waals surface area contributed by atoms with Crippen molar-refractivity contribution < 1.29 is 8.42 Å². The van der Waals surface area contributed by atoms with Crippen LogP contribution >= 0.6 is 11.3 Å². The van der Waals surface area contributed by atoms with E-state index in [4.69, 9.17) is 0 Å². The molecule has 1 aromatic heterocycles. The molecule has 1 fully saturated rings. The molecule has 0 radical (unpaired) electrons. The van der Waals surface area contributed by atoms with E-state index in [2.05, 4.69) is 17.8 Å². The third-order valence-corrected chi connectivity index (χ3v) is 8.11. The molecule has 0 aliphatic carbocycles. The maximum Gasteiger partial charge on any atom is 0.244 e. The lowest BCUT2D eigenvalue weighted by Crippen LogP contribution is -2.36. The normalized spacial score (nSPS) is 21.0. The fourth-order valence-corrected chi connectivity index (χ4v) is 6.52. The van der Waals surface area contributed by atoms with Crippen LogP contribution < -0.4 is 10.9 Å². The molecule has 0 amide bonds. The third-order valence-electron chi connectivity index (χ3n) is 4.67. The van der Waals surface area contributed by atoms with E-state index in [1.807, 2.05) is 57.2 Å². The molecule has 2 atom stereocenters. The second-order valence-corrected chi connectivity index (χ2v) is 10.3. The number of nitrogens with one attached hydrogen (secondary N) is 2. The molecule has 1 saturated heterocycles. The number of sulfonamides is 1. The lowest BCUT2D eigenvalue weighted by atomic mass is 10.1. The average molecular weight is 394 g/mol. The van der Waals surface area contributed by atoms with Crippen molar-refractivity contribution in [2.75, 3.05) is 0 Å². The highest BCUT2D eigenvalue weighted by molar-refractivity contribution is 7.89. The van der Waals surface area contributed by atoms with Gasteiger partial charge in [0.15, 0.2) is 0 Å². The van der Waals surface area contributed by atoms with Gasteiger partial charge in [-0.25, -0.2) is 13.8 Å². The number of hydrogen-bond donors (Lipinski definition) is 2. The Morgan fingerprint density at radius 1 is 1.23 bits per heavy atom. The van der Waals surface area contributed by atoms with Gasteiger partial charge in [0.2, 0.25) is 10.0 Å². The van der Waals surface area contributed by atoms with E-state index in [1.54, 1.807) is 15.6 Å². The first-order valence-electron chi connectivity index (χ1n) is 8.96. The van der Waals surface area contributed by atoms with Gasteiger partial charge in [-0.15, -0.1) is 11.3 Å². The summed E-state index contributed by atoms with van der Waals surface area (Å²) in [6.45, 7) is 8.24. The number of benzene rings is 1. The SMILES string of the molecule is Cc1sc(C2CC(C)NN2)cc1S(=O)(=O)N(Cc1ccccc1)C(C)C. The summed E-state index contributed by atoms with van der Waals surface area (Å²) in [5.74, 6) is 0. The number of thiophene rings is 1. The van der Waals surface area contributed by atoms with E-state index < -0.39 is 10.0 Å². The summed E-state index contributed by atoms with van der Waals surface area (Å²) in [6, 6.07) is 12.0. The minimum Gasteiger partial charge on any atom is -0.254 e. The van der Waals surface area contributed by atoms with Crippen LogP contribution in [0.2, 0.25) is 0 Å². The Hall–Kier alpha value is -1.25. The third kappa shape index (κ3) is 4.02. The van der Waals surface area contributed by atoms with E-state index >= 15 is 0 Å². The highest BCUT2D eigenvalue weighted by atomic mass is 32.2. The van der Waals surface area contributed by atoms with Crippen molar-refractivity contribution >= 4 is 21.4 Å². The molecule has 2 aromatic rings. The van der Waals surface area contributed by atoms with Crippen molar-refractivity contribution in [3.63, 3.8) is 0 Å². The molecule has 7 heteroatoms. The van der Waals surface area contributed by atoms with Crippen LogP contribution in [0.5, 0.6) is 0 Å². The Labute approximate surface area is 160 Å². The van der Waals surface area contributed by atoms with Crippen LogP contribution in [0.25, 0.3) is 0 Å². The minimum absolute atomic E-state index is 0.116. The van der Waals surface area contributed by atoms with Crippen molar-refractivity contribution in [1.82, 2.24) is 15.2 Å². The number of hydrogen-bond acceptors (Lipinski definition) is 5. The molecule has 26 heavy (non-hydrogen) atoms. The zero-order valence-electron chi connectivity index (χ0n) is 15.7. The summed E-state index contributed by atoms with van der Waals surface area (Å²) in [5, 5.41) is 0. The number of nitrogens with zero attached hydrogens (tertiary/aromatic N) is 1. The summed E-state index contributed by atoms with van der Waals surface area (Å²) in [4.78, 5) is 2.35. The van der Waals surface area contributed by atoms with Gasteiger partial charge in [0.05, 0.1) is 10.9 Å². The molecule has 2 N–H and O–H groups in total. The van der Waals surface area contributed by atoms with Crippen LogP contribution in [-0.4, -0.2) is 24.8 Å². The van der Waals surface area contributed by atoms with Crippen LogP contribution in [-0.2, 0) is 16.6 Å². The van der Waals surface area contributed by atoms with E-state index in [0.29, 0.717) is 17.5 Å². The number of rotatable bonds is 6. The Kier molecular flexibility index (Phi) is 5.84. The Bertz CT molecular complexity index is 847. The molecule has 2 unspecified atom stereocenters. The molecule has 1 aliphatic rings. The van der Waals surface area contributed by atoms with Crippen LogP contribution in [0.15, 0.2) is 41.3 Å². The van der Waals surface area contributed by atoms with Crippen LogP contribution in [0.4, 0.5) is 0 Å². The molecular weight excluding hydrogens is 366 g/mol. The Morgan fingerprint density at radius 3 is 2.50 bits per heavy atom. The molecule has 1 aromatic carbocycles. The van der Waals surface area contributed by atoms with Crippen molar-refractivity contribution in [1.29, 1.82) is 0 Å². The highest BCUT2D eigenvalue weighted by Gasteiger charge is 2.32. The molecule has 3 rings (SSSR count). The van der Waals surface area contributed by atoms with Gasteiger partial charge in [0.1, 0.15) is 0 Å². The van der Waals surface area contributed by atoms with E-state index in [9.17, 15) is 8.42 Å². The summed E-state index contributed by atoms with van der Waals surface area (Å²) < 4.78 is 28.4. The quantitative estimate of drug-likeness (QED) is 0.787. The lowest BCUT2D eigenvalue weighted by Gasteiger charge is -2.26. The predicted molar refractivity (Wildman–Crippen MR) is 106 cm³/mol. The van der Waals surface area contributed by atoms with Gasteiger partial charge in [0, 0.05) is 28.4 Å². The van der Waals surface area contributed by atoms with Crippen molar-refractivity contribution in [3.05, 3.63) is 51.7 Å². The maximum absolute atomic E-state index is 13.4. The number of aryl methyl sites for hydroxylation is 1. The van der Waals surface area contributed by atoms with Crippen LogP contribution in [0.1, 0.15) is 48.6 Å². The molecule has 1 aliphatic heterocycles. The lowest BCUT2D eigenvalue weighted by molar-refractivity contribution is 0.348. The molecule has 142 valence electrons. The fraction of sp³-hybridized carbons (Fsp3) is 0.474. The monoisotopic (exact) mass is 393 g/mol. The van der Waals surface area contributed by atoms with Crippen molar-refractivity contribution in [2.24, 2.45) is 0 Å². The van der Waals surface area contributed by atoms with E-state index in [1.165, 1.54) is 0 Å². The standard InChI is InChI=1S/C19H27N3O2S2/c1-13(2)22(12-16-8-6-5-7-9-16)26(23,24)19-11-18(25-15(19)4)17-10-14(3)20-21-17/h5-9,11,13-14,17,20-21H,10,12H2,1-4H3. The zero-order chi connectivity index (χ0) is 18.9. The smallest absolute Gasteiger partial charge is 0.244 e. The summed E-state index contributed by atoms with van der Waals surface area (Å²) in [5.41, 5.74) is 7.46. The van der Waals surface area contributed by atoms with Crippen molar-refractivity contribution in [2.45, 2.75) is 63.7 Å². The number of hydrazine groups is 1. The van der Waals surface area contributed by atoms with E-state index in [0.717, 1.165) is 21.7 Å². The van der Waals surface area contributed by atoms with Gasteiger partial charge >= 0.3 is 0 Å². The summed E-state index contributed by atoms with van der Waals surface area (Å²) in [7, 11) is -3.56. The van der Waals surface area contributed by atoms with Gasteiger partial charge in [-0.05, 0) is 45.7 Å². The maximum atomic E-state index is 13.4. The van der Waals surface area contributed by atoms with Crippen molar-refractivity contribution in [3.8, 4) is 0 Å². The molecule has 0 saturated carbocycles. The molecule has 0 spiro atoms. The zero-order valence-corrected chi connectivity index (χ0v) is 17.3. The predicted octanol–water partition coefficient (Wildman–Crippen LogP) is 3.58. The van der Waals surface area contributed by atoms with Gasteiger partial charge in [0.25, 0.3) is 0 Å². The first-order valence-corrected chi connectivity index (χ1v) is 11.2. The average Bonchev–Trinajstić information content (AvgIpc) is 3.19. The summed E-state index contributed by atoms with van der Waals surface area (Å²) >= 11 is 1.57. The molecule has 2 heterocycles. The first-order chi connectivity index (χ1) is 12.3. The Balaban J connectivity index is 1.91. The fourth-order valence-electron chi connectivity index (χ4n) is 3.25. The molecular formula is C19H27N3O2S2.